The number of aryl methyl sites for hydroxylation is 3. The lowest BCUT2D eigenvalue weighted by atomic mass is 10.2. The predicted molar refractivity (Wildman–Crippen MR) is 83.8 cm³/mol. The van der Waals surface area contributed by atoms with Crippen LogP contribution in [0.2, 0.25) is 5.02 Å². The van der Waals surface area contributed by atoms with E-state index in [1.165, 1.54) is 0 Å². The average molecular weight is 302 g/mol. The molecule has 1 aromatic carbocycles. The van der Waals surface area contributed by atoms with Crippen LogP contribution in [0.5, 0.6) is 5.88 Å². The van der Waals surface area contributed by atoms with E-state index in [4.69, 9.17) is 16.3 Å². The Balaban J connectivity index is 1.91. The van der Waals surface area contributed by atoms with E-state index in [0.717, 1.165) is 27.9 Å². The van der Waals surface area contributed by atoms with E-state index in [1.807, 2.05) is 51.2 Å². The molecule has 21 heavy (non-hydrogen) atoms. The molecular weight excluding hydrogens is 286 g/mol. The lowest BCUT2D eigenvalue weighted by molar-refractivity contribution is 0.294. The Hall–Kier alpha value is -2.07. The minimum atomic E-state index is 0.397. The third kappa shape index (κ3) is 2.59. The summed E-state index contributed by atoms with van der Waals surface area (Å²) in [6, 6.07) is 9.58. The maximum atomic E-state index is 6.13. The van der Waals surface area contributed by atoms with Crippen LogP contribution < -0.4 is 4.74 Å². The standard InChI is InChI=1S/C16H16ClN3O/c1-10-8-14(18-16-15(10)11(2)19-20(16)3)21-9-12-6-4-5-7-13(12)17/h4-8H,9H2,1-3H3. The second kappa shape index (κ2) is 5.37. The topological polar surface area (TPSA) is 39.9 Å². The van der Waals surface area contributed by atoms with Gasteiger partial charge in [0.05, 0.1) is 5.69 Å². The van der Waals surface area contributed by atoms with Crippen molar-refractivity contribution in [1.82, 2.24) is 14.8 Å². The highest BCUT2D eigenvalue weighted by Gasteiger charge is 2.11. The second-order valence-corrected chi connectivity index (χ2v) is 5.47. The zero-order chi connectivity index (χ0) is 15.0. The number of rotatable bonds is 3. The van der Waals surface area contributed by atoms with Crippen molar-refractivity contribution in [2.45, 2.75) is 20.5 Å². The molecule has 0 unspecified atom stereocenters. The molecule has 4 nitrogen and oxygen atoms in total. The number of aromatic nitrogens is 3. The molecule has 108 valence electrons. The highest BCUT2D eigenvalue weighted by Crippen LogP contribution is 2.25. The van der Waals surface area contributed by atoms with Crippen molar-refractivity contribution in [2.24, 2.45) is 7.05 Å². The van der Waals surface area contributed by atoms with Crippen molar-refractivity contribution in [3.05, 3.63) is 52.2 Å². The molecule has 0 atom stereocenters. The fourth-order valence-corrected chi connectivity index (χ4v) is 2.66. The number of benzene rings is 1. The van der Waals surface area contributed by atoms with Crippen LogP contribution in [-0.4, -0.2) is 14.8 Å². The number of hydrogen-bond donors (Lipinski definition) is 0. The largest absolute Gasteiger partial charge is 0.473 e. The Morgan fingerprint density at radius 3 is 2.76 bits per heavy atom. The summed E-state index contributed by atoms with van der Waals surface area (Å²) in [6.45, 7) is 4.43. The van der Waals surface area contributed by atoms with Crippen LogP contribution in [0, 0.1) is 13.8 Å². The van der Waals surface area contributed by atoms with Crippen LogP contribution in [0.3, 0.4) is 0 Å². The van der Waals surface area contributed by atoms with Crippen molar-refractivity contribution in [3.8, 4) is 5.88 Å². The van der Waals surface area contributed by atoms with Crippen molar-refractivity contribution in [1.29, 1.82) is 0 Å². The van der Waals surface area contributed by atoms with Gasteiger partial charge >= 0.3 is 0 Å². The molecule has 0 spiro atoms. The Morgan fingerprint density at radius 2 is 2.00 bits per heavy atom. The second-order valence-electron chi connectivity index (χ2n) is 5.07. The smallest absolute Gasteiger partial charge is 0.215 e. The van der Waals surface area contributed by atoms with E-state index >= 15 is 0 Å². The molecule has 0 saturated carbocycles. The summed E-state index contributed by atoms with van der Waals surface area (Å²) in [5.41, 5.74) is 3.87. The van der Waals surface area contributed by atoms with Crippen LogP contribution >= 0.6 is 11.6 Å². The number of ether oxygens (including phenoxy) is 1. The molecule has 2 heterocycles. The maximum absolute atomic E-state index is 6.13. The van der Waals surface area contributed by atoms with Gasteiger partial charge in [-0.3, -0.25) is 4.68 Å². The Morgan fingerprint density at radius 1 is 1.24 bits per heavy atom. The van der Waals surface area contributed by atoms with Gasteiger partial charge in [0, 0.05) is 29.1 Å². The minimum absolute atomic E-state index is 0.397. The van der Waals surface area contributed by atoms with Crippen molar-refractivity contribution < 1.29 is 4.74 Å². The number of fused-ring (bicyclic) bond motifs is 1. The highest BCUT2D eigenvalue weighted by molar-refractivity contribution is 6.31. The molecule has 0 aliphatic heterocycles. The van der Waals surface area contributed by atoms with Gasteiger partial charge in [0.1, 0.15) is 6.61 Å². The SMILES string of the molecule is Cc1cc(OCc2ccccc2Cl)nc2c1c(C)nn2C. The number of halogens is 1. The molecule has 0 amide bonds. The quantitative estimate of drug-likeness (QED) is 0.738. The van der Waals surface area contributed by atoms with E-state index in [0.29, 0.717) is 17.5 Å². The molecule has 0 aliphatic carbocycles. The van der Waals surface area contributed by atoms with Crippen LogP contribution in [0.4, 0.5) is 0 Å². The average Bonchev–Trinajstić information content (AvgIpc) is 2.73. The first-order valence-corrected chi connectivity index (χ1v) is 7.11. The summed E-state index contributed by atoms with van der Waals surface area (Å²) < 4.78 is 7.57. The van der Waals surface area contributed by atoms with Crippen molar-refractivity contribution in [2.75, 3.05) is 0 Å². The maximum Gasteiger partial charge on any atom is 0.215 e. The molecule has 0 fully saturated rings. The Kier molecular flexibility index (Phi) is 3.55. The third-order valence-electron chi connectivity index (χ3n) is 3.48. The molecule has 3 rings (SSSR count). The van der Waals surface area contributed by atoms with E-state index in [2.05, 4.69) is 10.1 Å². The molecule has 2 aromatic heterocycles. The Bertz CT molecular complexity index is 811. The van der Waals surface area contributed by atoms with Crippen molar-refractivity contribution in [3.63, 3.8) is 0 Å². The first-order valence-electron chi connectivity index (χ1n) is 6.73. The summed E-state index contributed by atoms with van der Waals surface area (Å²) in [7, 11) is 1.89. The number of nitrogens with zero attached hydrogens (tertiary/aromatic N) is 3. The van der Waals surface area contributed by atoms with E-state index in [1.54, 1.807) is 4.68 Å². The fourth-order valence-electron chi connectivity index (χ4n) is 2.47. The first-order chi connectivity index (χ1) is 10.1. The van der Waals surface area contributed by atoms with Gasteiger partial charge in [0.2, 0.25) is 5.88 Å². The van der Waals surface area contributed by atoms with Crippen LogP contribution in [0.25, 0.3) is 11.0 Å². The predicted octanol–water partition coefficient (Wildman–Crippen LogP) is 3.82. The van der Waals surface area contributed by atoms with Gasteiger partial charge in [-0.25, -0.2) is 0 Å². The third-order valence-corrected chi connectivity index (χ3v) is 3.84. The molecule has 0 saturated heterocycles. The van der Waals surface area contributed by atoms with Gasteiger partial charge in [0.15, 0.2) is 5.65 Å². The zero-order valence-corrected chi connectivity index (χ0v) is 13.0. The fraction of sp³-hybridized carbons (Fsp3) is 0.250. The molecule has 0 N–H and O–H groups in total. The van der Waals surface area contributed by atoms with E-state index in [9.17, 15) is 0 Å². The normalized spacial score (nSPS) is 11.0. The lowest BCUT2D eigenvalue weighted by Gasteiger charge is -2.08. The van der Waals surface area contributed by atoms with Gasteiger partial charge in [-0.2, -0.15) is 10.1 Å². The summed E-state index contributed by atoms with van der Waals surface area (Å²) in [6.07, 6.45) is 0. The van der Waals surface area contributed by atoms with Gasteiger partial charge in [0.25, 0.3) is 0 Å². The highest BCUT2D eigenvalue weighted by atomic mass is 35.5. The molecule has 5 heteroatoms. The summed E-state index contributed by atoms with van der Waals surface area (Å²) >= 11 is 6.13. The first kappa shape index (κ1) is 13.9. The molecule has 3 aromatic rings. The molecule has 0 bridgehead atoms. The molecular formula is C16H16ClN3O. The summed E-state index contributed by atoms with van der Waals surface area (Å²) in [5.74, 6) is 0.586. The molecule has 0 radical (unpaired) electrons. The number of pyridine rings is 1. The minimum Gasteiger partial charge on any atom is -0.473 e. The van der Waals surface area contributed by atoms with Gasteiger partial charge in [-0.1, -0.05) is 29.8 Å². The number of hydrogen-bond acceptors (Lipinski definition) is 3. The summed E-state index contributed by atoms with van der Waals surface area (Å²) in [5, 5.41) is 6.19. The summed E-state index contributed by atoms with van der Waals surface area (Å²) in [4.78, 5) is 4.54. The zero-order valence-electron chi connectivity index (χ0n) is 12.2. The van der Waals surface area contributed by atoms with Gasteiger partial charge in [-0.05, 0) is 25.5 Å². The van der Waals surface area contributed by atoms with E-state index in [-0.39, 0.29) is 0 Å². The molecule has 0 aliphatic rings. The van der Waals surface area contributed by atoms with Gasteiger partial charge < -0.3 is 4.74 Å². The van der Waals surface area contributed by atoms with E-state index < -0.39 is 0 Å². The van der Waals surface area contributed by atoms with Crippen molar-refractivity contribution >= 4 is 22.6 Å². The lowest BCUT2D eigenvalue weighted by Crippen LogP contribution is -2.00. The van der Waals surface area contributed by atoms with Crippen LogP contribution in [0.1, 0.15) is 16.8 Å². The van der Waals surface area contributed by atoms with Crippen LogP contribution in [-0.2, 0) is 13.7 Å². The van der Waals surface area contributed by atoms with Crippen LogP contribution in [0.15, 0.2) is 30.3 Å². The monoisotopic (exact) mass is 301 g/mol. The Labute approximate surface area is 128 Å². The van der Waals surface area contributed by atoms with Gasteiger partial charge in [-0.15, -0.1) is 0 Å².